The van der Waals surface area contributed by atoms with E-state index in [9.17, 15) is 4.79 Å². The van der Waals surface area contributed by atoms with Crippen LogP contribution in [0.15, 0.2) is 33.9 Å². The summed E-state index contributed by atoms with van der Waals surface area (Å²) in [5.41, 5.74) is 0.820. The Labute approximate surface area is 156 Å². The molecule has 2 aliphatic rings. The van der Waals surface area contributed by atoms with E-state index in [0.29, 0.717) is 34.0 Å². The van der Waals surface area contributed by atoms with E-state index in [4.69, 9.17) is 16.0 Å². The Morgan fingerprint density at radius 3 is 2.48 bits per heavy atom. The van der Waals surface area contributed by atoms with Gasteiger partial charge in [0.05, 0.1) is 5.75 Å². The fourth-order valence-electron chi connectivity index (χ4n) is 3.42. The van der Waals surface area contributed by atoms with Gasteiger partial charge in [-0.3, -0.25) is 4.79 Å². The average Bonchev–Trinajstić information content (AvgIpc) is 3.11. The molecule has 0 spiro atoms. The fraction of sp³-hybridized carbons (Fsp3) is 0.500. The third-order valence-electron chi connectivity index (χ3n) is 4.76. The van der Waals surface area contributed by atoms with Crippen molar-refractivity contribution in [2.75, 3.05) is 5.75 Å². The zero-order chi connectivity index (χ0) is 17.2. The molecule has 1 aromatic carbocycles. The minimum absolute atomic E-state index is 0.200. The summed E-state index contributed by atoms with van der Waals surface area (Å²) in [6.07, 6.45) is 7.07. The Morgan fingerprint density at radius 2 is 1.80 bits per heavy atom. The molecule has 1 amide bonds. The summed E-state index contributed by atoms with van der Waals surface area (Å²) < 4.78 is 5.67. The van der Waals surface area contributed by atoms with Gasteiger partial charge in [-0.2, -0.15) is 0 Å². The molecule has 0 N–H and O–H groups in total. The van der Waals surface area contributed by atoms with Crippen molar-refractivity contribution in [2.45, 2.75) is 55.8 Å². The molecule has 7 heteroatoms. The number of hydrogen-bond donors (Lipinski definition) is 0. The van der Waals surface area contributed by atoms with Gasteiger partial charge in [-0.15, -0.1) is 10.2 Å². The molecule has 5 nitrogen and oxygen atoms in total. The van der Waals surface area contributed by atoms with Gasteiger partial charge in [-0.1, -0.05) is 36.2 Å². The topological polar surface area (TPSA) is 59.2 Å². The molecular formula is C18H20ClN3O2S. The lowest BCUT2D eigenvalue weighted by atomic mass is 10.2. The molecule has 25 heavy (non-hydrogen) atoms. The minimum atomic E-state index is 0.200. The molecule has 132 valence electrons. The zero-order valence-corrected chi connectivity index (χ0v) is 15.4. The maximum Gasteiger partial charge on any atom is 0.277 e. The highest BCUT2D eigenvalue weighted by atomic mass is 35.5. The van der Waals surface area contributed by atoms with Crippen LogP contribution in [-0.4, -0.2) is 38.8 Å². The van der Waals surface area contributed by atoms with Crippen LogP contribution in [0.25, 0.3) is 11.5 Å². The monoisotopic (exact) mass is 377 g/mol. The minimum Gasteiger partial charge on any atom is -0.411 e. The van der Waals surface area contributed by atoms with Crippen molar-refractivity contribution >= 4 is 29.3 Å². The summed E-state index contributed by atoms with van der Waals surface area (Å²) in [7, 11) is 0. The summed E-state index contributed by atoms with van der Waals surface area (Å²) in [6.45, 7) is 0. The predicted octanol–water partition coefficient (Wildman–Crippen LogP) is 4.42. The Morgan fingerprint density at radius 1 is 1.12 bits per heavy atom. The van der Waals surface area contributed by atoms with E-state index < -0.39 is 0 Å². The smallest absolute Gasteiger partial charge is 0.277 e. The number of rotatable bonds is 6. The van der Waals surface area contributed by atoms with E-state index in [0.717, 1.165) is 31.2 Å². The quantitative estimate of drug-likeness (QED) is 0.697. The number of halogens is 1. The predicted molar refractivity (Wildman–Crippen MR) is 97.6 cm³/mol. The van der Waals surface area contributed by atoms with Gasteiger partial charge < -0.3 is 9.32 Å². The zero-order valence-electron chi connectivity index (χ0n) is 13.9. The van der Waals surface area contributed by atoms with Crippen LogP contribution in [0, 0.1) is 0 Å². The van der Waals surface area contributed by atoms with Crippen molar-refractivity contribution in [3.8, 4) is 11.5 Å². The first-order chi connectivity index (χ1) is 12.2. The van der Waals surface area contributed by atoms with E-state index in [1.165, 1.54) is 24.6 Å². The molecule has 0 radical (unpaired) electrons. The molecule has 0 aliphatic heterocycles. The molecule has 4 rings (SSSR count). The second kappa shape index (κ2) is 7.38. The number of carbonyl (C=O) groups is 1. The number of amides is 1. The molecule has 2 saturated carbocycles. The standard InChI is InChI=1S/C18H20ClN3O2S/c19-13-7-5-12(6-8-13)17-20-21-18(24-17)25-11-16(23)22(15-9-10-15)14-3-1-2-4-14/h5-8,14-15H,1-4,9-11H2. The van der Waals surface area contributed by atoms with Gasteiger partial charge in [0.2, 0.25) is 11.8 Å². The Kier molecular flexibility index (Phi) is 4.99. The summed E-state index contributed by atoms with van der Waals surface area (Å²) in [5, 5.41) is 9.20. The molecule has 1 heterocycles. The van der Waals surface area contributed by atoms with Gasteiger partial charge in [0, 0.05) is 22.7 Å². The highest BCUT2D eigenvalue weighted by Crippen LogP contribution is 2.35. The maximum absolute atomic E-state index is 12.7. The van der Waals surface area contributed by atoms with Gasteiger partial charge in [0.25, 0.3) is 5.22 Å². The van der Waals surface area contributed by atoms with Crippen molar-refractivity contribution in [3.63, 3.8) is 0 Å². The van der Waals surface area contributed by atoms with Gasteiger partial charge in [0.1, 0.15) is 0 Å². The van der Waals surface area contributed by atoms with Crippen LogP contribution in [0.4, 0.5) is 0 Å². The SMILES string of the molecule is O=C(CSc1nnc(-c2ccc(Cl)cc2)o1)N(C1CCCC1)C1CC1. The van der Waals surface area contributed by atoms with Crippen molar-refractivity contribution in [2.24, 2.45) is 0 Å². The Balaban J connectivity index is 1.37. The van der Waals surface area contributed by atoms with E-state index in [2.05, 4.69) is 15.1 Å². The van der Waals surface area contributed by atoms with Crippen LogP contribution in [0.2, 0.25) is 5.02 Å². The molecular weight excluding hydrogens is 358 g/mol. The third-order valence-corrected chi connectivity index (χ3v) is 5.82. The number of benzene rings is 1. The molecule has 0 bridgehead atoms. The van der Waals surface area contributed by atoms with Gasteiger partial charge in [0.15, 0.2) is 0 Å². The van der Waals surface area contributed by atoms with Gasteiger partial charge in [-0.25, -0.2) is 0 Å². The van der Waals surface area contributed by atoms with E-state index in [-0.39, 0.29) is 5.91 Å². The first-order valence-electron chi connectivity index (χ1n) is 8.74. The highest BCUT2D eigenvalue weighted by molar-refractivity contribution is 7.99. The van der Waals surface area contributed by atoms with Crippen molar-refractivity contribution in [1.82, 2.24) is 15.1 Å². The third kappa shape index (κ3) is 4.01. The number of thioether (sulfide) groups is 1. The number of carbonyl (C=O) groups excluding carboxylic acids is 1. The van der Waals surface area contributed by atoms with Crippen molar-refractivity contribution in [1.29, 1.82) is 0 Å². The molecule has 2 aromatic rings. The lowest BCUT2D eigenvalue weighted by Gasteiger charge is -2.28. The van der Waals surface area contributed by atoms with E-state index >= 15 is 0 Å². The maximum atomic E-state index is 12.7. The lowest BCUT2D eigenvalue weighted by molar-refractivity contribution is -0.131. The van der Waals surface area contributed by atoms with Crippen LogP contribution >= 0.6 is 23.4 Å². The normalized spacial score (nSPS) is 17.8. The van der Waals surface area contributed by atoms with E-state index in [1.807, 2.05) is 12.1 Å². The summed E-state index contributed by atoms with van der Waals surface area (Å²) >= 11 is 7.21. The van der Waals surface area contributed by atoms with Crippen molar-refractivity contribution in [3.05, 3.63) is 29.3 Å². The van der Waals surface area contributed by atoms with Crippen LogP contribution in [0.5, 0.6) is 0 Å². The Hall–Kier alpha value is -1.53. The average molecular weight is 378 g/mol. The Bertz CT molecular complexity index is 739. The summed E-state index contributed by atoms with van der Waals surface area (Å²) in [5.74, 6) is 1.00. The van der Waals surface area contributed by atoms with Gasteiger partial charge in [-0.05, 0) is 49.9 Å². The molecule has 0 unspecified atom stereocenters. The van der Waals surface area contributed by atoms with Crippen LogP contribution < -0.4 is 0 Å². The van der Waals surface area contributed by atoms with E-state index in [1.54, 1.807) is 12.1 Å². The number of hydrogen-bond acceptors (Lipinski definition) is 5. The molecule has 0 atom stereocenters. The number of nitrogens with zero attached hydrogens (tertiary/aromatic N) is 3. The first-order valence-corrected chi connectivity index (χ1v) is 10.1. The second-order valence-corrected chi connectivity index (χ2v) is 8.00. The largest absolute Gasteiger partial charge is 0.411 e. The van der Waals surface area contributed by atoms with Crippen molar-refractivity contribution < 1.29 is 9.21 Å². The van der Waals surface area contributed by atoms with Gasteiger partial charge >= 0.3 is 0 Å². The molecule has 0 saturated heterocycles. The molecule has 2 aliphatic carbocycles. The molecule has 2 fully saturated rings. The fourth-order valence-corrected chi connectivity index (χ4v) is 4.17. The lowest BCUT2D eigenvalue weighted by Crippen LogP contribution is -2.41. The summed E-state index contributed by atoms with van der Waals surface area (Å²) in [6, 6.07) is 8.14. The second-order valence-electron chi connectivity index (χ2n) is 6.64. The first kappa shape index (κ1) is 16.9. The van der Waals surface area contributed by atoms with Crippen LogP contribution in [0.1, 0.15) is 38.5 Å². The van der Waals surface area contributed by atoms with Crippen LogP contribution in [0.3, 0.4) is 0 Å². The van der Waals surface area contributed by atoms with Crippen LogP contribution in [-0.2, 0) is 4.79 Å². The number of aromatic nitrogens is 2. The highest BCUT2D eigenvalue weighted by Gasteiger charge is 2.38. The molecule has 1 aromatic heterocycles. The summed E-state index contributed by atoms with van der Waals surface area (Å²) in [4.78, 5) is 14.8.